The lowest BCUT2D eigenvalue weighted by atomic mass is 9.63. The Hall–Kier alpha value is -2.33. The second-order valence-electron chi connectivity index (χ2n) is 10.1. The van der Waals surface area contributed by atoms with Gasteiger partial charge in [0.1, 0.15) is 5.71 Å². The number of nitrogens with zero attached hydrogens (tertiary/aromatic N) is 2. The molecule has 2 aromatic rings. The topological polar surface area (TPSA) is 46.0 Å². The minimum atomic E-state index is -0.174. The second kappa shape index (κ2) is 6.83. The van der Waals surface area contributed by atoms with Crippen LogP contribution >= 0.6 is 11.6 Å². The molecule has 2 aliphatic heterocycles. The number of halogens is 1. The summed E-state index contributed by atoms with van der Waals surface area (Å²) in [5.41, 5.74) is 5.05. The van der Waals surface area contributed by atoms with Gasteiger partial charge in [0.2, 0.25) is 0 Å². The summed E-state index contributed by atoms with van der Waals surface area (Å²) in [5, 5.41) is 9.15. The highest BCUT2D eigenvalue weighted by molar-refractivity contribution is 6.43. The molecule has 1 spiro atoms. The van der Waals surface area contributed by atoms with Crippen molar-refractivity contribution in [3.63, 3.8) is 0 Å². The van der Waals surface area contributed by atoms with Gasteiger partial charge in [0.15, 0.2) is 5.60 Å². The Morgan fingerprint density at radius 1 is 1.00 bits per heavy atom. The van der Waals surface area contributed by atoms with Crippen LogP contribution in [-0.4, -0.2) is 17.0 Å². The molecule has 4 atom stereocenters. The minimum absolute atomic E-state index is 0.0309. The fourth-order valence-electron chi connectivity index (χ4n) is 6.55. The predicted molar refractivity (Wildman–Crippen MR) is 126 cm³/mol. The van der Waals surface area contributed by atoms with Crippen molar-refractivity contribution in [1.82, 2.24) is 0 Å². The van der Waals surface area contributed by atoms with E-state index in [0.29, 0.717) is 5.92 Å². The number of oxime groups is 1. The molecule has 2 heterocycles. The summed E-state index contributed by atoms with van der Waals surface area (Å²) in [4.78, 5) is 11.5. The molecule has 31 heavy (non-hydrogen) atoms. The van der Waals surface area contributed by atoms with E-state index in [1.807, 2.05) is 30.3 Å². The fraction of sp³-hybridized carbons (Fsp3) is 0.462. The predicted octanol–water partition coefficient (Wildman–Crippen LogP) is 6.94. The molecular weight excluding hydrogens is 406 g/mol. The van der Waals surface area contributed by atoms with Crippen LogP contribution in [0.3, 0.4) is 0 Å². The van der Waals surface area contributed by atoms with E-state index in [-0.39, 0.29) is 17.1 Å². The molecular formula is C26H28ClN3O. The van der Waals surface area contributed by atoms with Crippen LogP contribution in [0.2, 0.25) is 5.02 Å². The van der Waals surface area contributed by atoms with Crippen molar-refractivity contribution in [2.24, 2.45) is 27.4 Å². The molecule has 4 aliphatic rings. The van der Waals surface area contributed by atoms with Crippen LogP contribution in [0, 0.1) is 17.3 Å². The van der Waals surface area contributed by atoms with Crippen molar-refractivity contribution in [3.8, 4) is 0 Å². The molecule has 1 N–H and O–H groups in total. The summed E-state index contributed by atoms with van der Waals surface area (Å²) in [7, 11) is 0. The van der Waals surface area contributed by atoms with Gasteiger partial charge in [-0.15, -0.1) is 0 Å². The Labute approximate surface area is 188 Å². The average Bonchev–Trinajstić information content (AvgIpc) is 3.43. The highest BCUT2D eigenvalue weighted by Crippen LogP contribution is 2.65. The maximum absolute atomic E-state index is 6.59. The van der Waals surface area contributed by atoms with Gasteiger partial charge < -0.3 is 10.2 Å². The minimum Gasteiger partial charge on any atom is -0.388 e. The standard InChI is InChI=1S/C26H28ClN3O/c1-25(2)16-11-12-17(13-16)26(25)15-24(30-31-26)23-14-22(18-7-3-4-8-19(18)27)28-20-9-5-6-10-21(20)29-23/h3-10,16-17,22,28H,11-15H2,1-2H3/t16-,17+,22?,26?/m1/s1. The number of para-hydroxylation sites is 2. The van der Waals surface area contributed by atoms with Crippen molar-refractivity contribution >= 4 is 34.4 Å². The summed E-state index contributed by atoms with van der Waals surface area (Å²) >= 11 is 6.59. The van der Waals surface area contributed by atoms with Crippen molar-refractivity contribution in [3.05, 3.63) is 59.1 Å². The van der Waals surface area contributed by atoms with E-state index in [1.165, 1.54) is 19.3 Å². The zero-order valence-corrected chi connectivity index (χ0v) is 18.8. The highest BCUT2D eigenvalue weighted by atomic mass is 35.5. The first-order chi connectivity index (χ1) is 15.0. The molecule has 0 radical (unpaired) electrons. The largest absolute Gasteiger partial charge is 0.388 e. The summed E-state index contributed by atoms with van der Waals surface area (Å²) < 4.78 is 0. The molecule has 4 nitrogen and oxygen atoms in total. The van der Waals surface area contributed by atoms with Crippen LogP contribution in [0.1, 0.15) is 57.6 Å². The molecule has 0 amide bonds. The van der Waals surface area contributed by atoms with Crippen molar-refractivity contribution in [2.45, 2.75) is 57.6 Å². The van der Waals surface area contributed by atoms with E-state index < -0.39 is 0 Å². The zero-order valence-electron chi connectivity index (χ0n) is 18.1. The third-order valence-corrected chi connectivity index (χ3v) is 8.80. The van der Waals surface area contributed by atoms with E-state index in [4.69, 9.17) is 26.6 Å². The van der Waals surface area contributed by atoms with E-state index in [2.05, 4.69) is 37.4 Å². The number of benzene rings is 2. The van der Waals surface area contributed by atoms with Crippen LogP contribution in [0.4, 0.5) is 11.4 Å². The summed E-state index contributed by atoms with van der Waals surface area (Å²) in [5.74, 6) is 1.34. The number of anilines is 1. The molecule has 2 aromatic carbocycles. The van der Waals surface area contributed by atoms with Crippen molar-refractivity contribution in [2.75, 3.05) is 5.32 Å². The first-order valence-corrected chi connectivity index (χ1v) is 11.8. The Morgan fingerprint density at radius 2 is 1.77 bits per heavy atom. The first-order valence-electron chi connectivity index (χ1n) is 11.4. The fourth-order valence-corrected chi connectivity index (χ4v) is 6.81. The SMILES string of the molecule is CC1(C)[C@@H]2CC[C@@H](C2)C12CC(C1=Nc3ccccc3NC(c3ccccc3Cl)C1)=NO2. The van der Waals surface area contributed by atoms with Crippen molar-refractivity contribution in [1.29, 1.82) is 0 Å². The molecule has 2 saturated carbocycles. The number of nitrogens with one attached hydrogen (secondary N) is 1. The normalized spacial score (nSPS) is 32.7. The summed E-state index contributed by atoms with van der Waals surface area (Å²) in [6, 6.07) is 16.3. The van der Waals surface area contributed by atoms with E-state index >= 15 is 0 Å². The molecule has 2 unspecified atom stereocenters. The third kappa shape index (κ3) is 2.80. The van der Waals surface area contributed by atoms with Gasteiger partial charge in [0.05, 0.1) is 23.1 Å². The molecule has 5 heteroatoms. The van der Waals surface area contributed by atoms with Gasteiger partial charge in [-0.05, 0) is 48.9 Å². The van der Waals surface area contributed by atoms with E-state index in [1.54, 1.807) is 0 Å². The van der Waals surface area contributed by atoms with Crippen molar-refractivity contribution < 1.29 is 4.84 Å². The van der Waals surface area contributed by atoms with Gasteiger partial charge in [-0.1, -0.05) is 60.9 Å². The number of hydrogen-bond acceptors (Lipinski definition) is 4. The molecule has 2 fully saturated rings. The molecule has 160 valence electrons. The monoisotopic (exact) mass is 433 g/mol. The average molecular weight is 434 g/mol. The maximum atomic E-state index is 6.59. The Balaban J connectivity index is 1.38. The smallest absolute Gasteiger partial charge is 0.151 e. The maximum Gasteiger partial charge on any atom is 0.151 e. The number of aliphatic imine (C=N–C) groups is 1. The van der Waals surface area contributed by atoms with Crippen LogP contribution < -0.4 is 5.32 Å². The first kappa shape index (κ1) is 19.4. The summed E-state index contributed by atoms with van der Waals surface area (Å²) in [6.45, 7) is 4.77. The molecule has 6 rings (SSSR count). The highest BCUT2D eigenvalue weighted by Gasteiger charge is 2.67. The van der Waals surface area contributed by atoms with Gasteiger partial charge in [-0.25, -0.2) is 4.99 Å². The molecule has 2 aliphatic carbocycles. The van der Waals surface area contributed by atoms with Crippen LogP contribution in [0.5, 0.6) is 0 Å². The number of hydrogen-bond donors (Lipinski definition) is 1. The Morgan fingerprint density at radius 3 is 2.58 bits per heavy atom. The second-order valence-corrected chi connectivity index (χ2v) is 10.5. The quantitative estimate of drug-likeness (QED) is 0.557. The summed E-state index contributed by atoms with van der Waals surface area (Å²) in [6.07, 6.45) is 5.44. The molecule has 2 bridgehead atoms. The van der Waals surface area contributed by atoms with E-state index in [9.17, 15) is 0 Å². The van der Waals surface area contributed by atoms with Gasteiger partial charge >= 0.3 is 0 Å². The van der Waals surface area contributed by atoms with Gasteiger partial charge in [0, 0.05) is 29.2 Å². The Bertz CT molecular complexity index is 1110. The van der Waals surface area contributed by atoms with Gasteiger partial charge in [-0.3, -0.25) is 0 Å². The van der Waals surface area contributed by atoms with Gasteiger partial charge in [-0.2, -0.15) is 0 Å². The lowest BCUT2D eigenvalue weighted by molar-refractivity contribution is -0.135. The zero-order chi connectivity index (χ0) is 21.2. The van der Waals surface area contributed by atoms with Crippen LogP contribution in [0.15, 0.2) is 58.7 Å². The van der Waals surface area contributed by atoms with Crippen LogP contribution in [0.25, 0.3) is 0 Å². The van der Waals surface area contributed by atoms with Gasteiger partial charge in [0.25, 0.3) is 0 Å². The third-order valence-electron chi connectivity index (χ3n) is 8.45. The molecule has 0 aromatic heterocycles. The Kier molecular flexibility index (Phi) is 4.27. The lowest BCUT2D eigenvalue weighted by Gasteiger charge is -2.44. The number of rotatable bonds is 2. The van der Waals surface area contributed by atoms with Crippen LogP contribution in [-0.2, 0) is 4.84 Å². The van der Waals surface area contributed by atoms with E-state index in [0.717, 1.165) is 52.1 Å². The molecule has 0 saturated heterocycles. The lowest BCUT2D eigenvalue weighted by Crippen LogP contribution is -2.49. The number of fused-ring (bicyclic) bond motifs is 4.